The van der Waals surface area contributed by atoms with Gasteiger partial charge < -0.3 is 24.4 Å². The third-order valence-electron chi connectivity index (χ3n) is 6.64. The molecule has 37 heavy (non-hydrogen) atoms. The molecule has 1 amide bonds. The summed E-state index contributed by atoms with van der Waals surface area (Å²) in [6.07, 6.45) is 1.45. The van der Waals surface area contributed by atoms with E-state index in [1.165, 1.54) is 28.0 Å². The smallest absolute Gasteiger partial charge is 0.295 e. The number of quaternary nitrogens is 1. The fourth-order valence-corrected chi connectivity index (χ4v) is 4.74. The molecule has 0 radical (unpaired) electrons. The number of carbonyl (C=O) groups is 2. The van der Waals surface area contributed by atoms with Crippen LogP contribution in [0.4, 0.5) is 5.69 Å². The molecule has 2 aromatic carbocycles. The second-order valence-electron chi connectivity index (χ2n) is 9.16. The average Bonchev–Trinajstić information content (AvgIpc) is 3.17. The molecule has 2 aliphatic rings. The molecule has 1 unspecified atom stereocenters. The summed E-state index contributed by atoms with van der Waals surface area (Å²) in [5, 5.41) is 25.0. The SMILES string of the molecule is CCCOc1ccc(C([O-])=C2C(=O)C(=O)N(CCC[NH+]3CCOCC3)C2c2cccc([N+](=O)[O-])c2)cc1. The summed E-state index contributed by atoms with van der Waals surface area (Å²) in [5.41, 5.74) is 0.242. The number of carbonyl (C=O) groups excluding carboxylic acids is 2. The van der Waals surface area contributed by atoms with Crippen molar-refractivity contribution < 1.29 is 34.0 Å². The van der Waals surface area contributed by atoms with Gasteiger partial charge in [-0.15, -0.1) is 0 Å². The van der Waals surface area contributed by atoms with E-state index < -0.39 is 28.4 Å². The first-order valence-corrected chi connectivity index (χ1v) is 12.6. The highest BCUT2D eigenvalue weighted by atomic mass is 16.6. The lowest BCUT2D eigenvalue weighted by atomic mass is 9.95. The largest absolute Gasteiger partial charge is 0.872 e. The number of rotatable bonds is 10. The Kier molecular flexibility index (Phi) is 8.52. The molecule has 0 aromatic heterocycles. The molecule has 10 nitrogen and oxygen atoms in total. The van der Waals surface area contributed by atoms with Crippen molar-refractivity contribution in [3.8, 4) is 5.75 Å². The third kappa shape index (κ3) is 5.98. The van der Waals surface area contributed by atoms with E-state index in [0.717, 1.165) is 26.1 Å². The van der Waals surface area contributed by atoms with E-state index in [1.54, 1.807) is 30.3 Å². The Morgan fingerprint density at radius 1 is 1.16 bits per heavy atom. The Labute approximate surface area is 215 Å². The van der Waals surface area contributed by atoms with Crippen molar-refractivity contribution in [1.82, 2.24) is 4.90 Å². The van der Waals surface area contributed by atoms with Gasteiger partial charge in [0.15, 0.2) is 0 Å². The minimum absolute atomic E-state index is 0.175. The number of ether oxygens (including phenoxy) is 2. The van der Waals surface area contributed by atoms with Gasteiger partial charge in [-0.3, -0.25) is 19.7 Å². The number of non-ortho nitro benzene ring substituents is 1. The van der Waals surface area contributed by atoms with Crippen molar-refractivity contribution in [1.29, 1.82) is 0 Å². The second kappa shape index (κ2) is 12.0. The fourth-order valence-electron chi connectivity index (χ4n) is 4.74. The highest BCUT2D eigenvalue weighted by Gasteiger charge is 2.44. The normalized spacial score (nSPS) is 19.8. The summed E-state index contributed by atoms with van der Waals surface area (Å²) >= 11 is 0. The maximum absolute atomic E-state index is 13.6. The number of amides is 1. The molecule has 1 N–H and O–H groups in total. The minimum Gasteiger partial charge on any atom is -0.872 e. The van der Waals surface area contributed by atoms with Crippen LogP contribution in [0.1, 0.15) is 36.9 Å². The van der Waals surface area contributed by atoms with Gasteiger partial charge in [0.1, 0.15) is 18.8 Å². The molecule has 0 aliphatic carbocycles. The van der Waals surface area contributed by atoms with Crippen molar-refractivity contribution >= 4 is 23.1 Å². The number of nitrogens with zero attached hydrogens (tertiary/aromatic N) is 2. The van der Waals surface area contributed by atoms with Crippen LogP contribution >= 0.6 is 0 Å². The lowest BCUT2D eigenvalue weighted by Crippen LogP contribution is -3.14. The van der Waals surface area contributed by atoms with Gasteiger partial charge in [-0.25, -0.2) is 0 Å². The summed E-state index contributed by atoms with van der Waals surface area (Å²) in [4.78, 5) is 39.9. The van der Waals surface area contributed by atoms with Crippen LogP contribution in [-0.4, -0.2) is 67.5 Å². The van der Waals surface area contributed by atoms with Gasteiger partial charge in [0, 0.05) is 30.7 Å². The third-order valence-corrected chi connectivity index (χ3v) is 6.64. The van der Waals surface area contributed by atoms with E-state index in [2.05, 4.69) is 0 Å². The van der Waals surface area contributed by atoms with Crippen molar-refractivity contribution in [2.24, 2.45) is 0 Å². The number of ketones is 1. The Bertz CT molecular complexity index is 1170. The van der Waals surface area contributed by atoms with Crippen LogP contribution in [0.25, 0.3) is 5.76 Å². The van der Waals surface area contributed by atoms with E-state index in [4.69, 9.17) is 9.47 Å². The van der Waals surface area contributed by atoms with E-state index in [9.17, 15) is 24.8 Å². The fraction of sp³-hybridized carbons (Fsp3) is 0.407. The molecule has 10 heteroatoms. The lowest BCUT2D eigenvalue weighted by Gasteiger charge is -2.29. The van der Waals surface area contributed by atoms with Crippen molar-refractivity contribution in [3.05, 3.63) is 75.3 Å². The molecule has 2 aliphatic heterocycles. The standard InChI is InChI=1S/C27H31N3O7/c1-2-15-37-22-9-7-19(8-10-22)25(31)23-24(20-5-3-6-21(18-20)30(34)35)29(27(33)26(23)32)12-4-11-28-13-16-36-17-14-28/h3,5-10,18,24,31H,2,4,11-17H2,1H3. The van der Waals surface area contributed by atoms with Crippen LogP contribution in [0.2, 0.25) is 0 Å². The molecule has 2 heterocycles. The van der Waals surface area contributed by atoms with Crippen LogP contribution < -0.4 is 14.7 Å². The first kappa shape index (κ1) is 26.3. The van der Waals surface area contributed by atoms with Crippen LogP contribution in [0.5, 0.6) is 5.75 Å². The Balaban J connectivity index is 1.67. The van der Waals surface area contributed by atoms with Crippen LogP contribution in [-0.2, 0) is 14.3 Å². The summed E-state index contributed by atoms with van der Waals surface area (Å²) in [7, 11) is 0. The van der Waals surface area contributed by atoms with Crippen LogP contribution in [0.15, 0.2) is 54.1 Å². The summed E-state index contributed by atoms with van der Waals surface area (Å²) in [6, 6.07) is 11.2. The van der Waals surface area contributed by atoms with Crippen LogP contribution in [0.3, 0.4) is 0 Å². The number of benzene rings is 2. The number of nitro groups is 1. The molecular formula is C27H31N3O7. The number of nitrogens with one attached hydrogen (secondary N) is 1. The maximum atomic E-state index is 13.6. The molecule has 0 bridgehead atoms. The highest BCUT2D eigenvalue weighted by Crippen LogP contribution is 2.39. The first-order valence-electron chi connectivity index (χ1n) is 12.6. The Hall–Kier alpha value is -3.76. The van der Waals surface area contributed by atoms with Crippen LogP contribution in [0, 0.1) is 10.1 Å². The number of hydrogen-bond acceptors (Lipinski definition) is 7. The summed E-state index contributed by atoms with van der Waals surface area (Å²) < 4.78 is 11.0. The highest BCUT2D eigenvalue weighted by molar-refractivity contribution is 6.46. The second-order valence-corrected chi connectivity index (χ2v) is 9.16. The Morgan fingerprint density at radius 2 is 1.89 bits per heavy atom. The van der Waals surface area contributed by atoms with Gasteiger partial charge in [0.25, 0.3) is 11.6 Å². The zero-order valence-corrected chi connectivity index (χ0v) is 20.8. The van der Waals surface area contributed by atoms with Gasteiger partial charge in [0.05, 0.1) is 37.3 Å². The average molecular weight is 510 g/mol. The molecule has 196 valence electrons. The van der Waals surface area contributed by atoms with Crippen molar-refractivity contribution in [2.45, 2.75) is 25.8 Å². The number of morpholine rings is 1. The maximum Gasteiger partial charge on any atom is 0.295 e. The predicted octanol–water partition coefficient (Wildman–Crippen LogP) is 0.913. The van der Waals surface area contributed by atoms with Crippen molar-refractivity contribution in [2.75, 3.05) is 46.0 Å². The number of nitro benzene ring substituents is 1. The van der Waals surface area contributed by atoms with E-state index in [-0.39, 0.29) is 23.4 Å². The summed E-state index contributed by atoms with van der Waals surface area (Å²) in [5.74, 6) is -1.61. The Morgan fingerprint density at radius 3 is 2.57 bits per heavy atom. The zero-order valence-electron chi connectivity index (χ0n) is 20.8. The molecule has 0 spiro atoms. The molecule has 2 aromatic rings. The number of hydrogen-bond donors (Lipinski definition) is 1. The summed E-state index contributed by atoms with van der Waals surface area (Å²) in [6.45, 7) is 6.66. The van der Waals surface area contributed by atoms with E-state index in [0.29, 0.717) is 37.6 Å². The van der Waals surface area contributed by atoms with E-state index in [1.807, 2.05) is 6.92 Å². The lowest BCUT2D eigenvalue weighted by molar-refractivity contribution is -0.908. The van der Waals surface area contributed by atoms with Gasteiger partial charge in [0.2, 0.25) is 5.78 Å². The van der Waals surface area contributed by atoms with Crippen molar-refractivity contribution in [3.63, 3.8) is 0 Å². The first-order chi connectivity index (χ1) is 17.9. The minimum atomic E-state index is -0.997. The van der Waals surface area contributed by atoms with Gasteiger partial charge in [-0.1, -0.05) is 36.9 Å². The predicted molar refractivity (Wildman–Crippen MR) is 133 cm³/mol. The molecule has 2 fully saturated rings. The number of Topliss-reactive ketones (excluding diaryl/α,β-unsaturated/α-hetero) is 1. The van der Waals surface area contributed by atoms with Gasteiger partial charge in [-0.05, 0) is 29.7 Å². The topological polar surface area (TPSA) is 126 Å². The quantitative estimate of drug-likeness (QED) is 0.166. The molecule has 4 rings (SSSR count). The van der Waals surface area contributed by atoms with Gasteiger partial charge >= 0.3 is 0 Å². The van der Waals surface area contributed by atoms with Gasteiger partial charge in [-0.2, -0.15) is 0 Å². The molecule has 1 atom stereocenters. The molecule has 2 saturated heterocycles. The van der Waals surface area contributed by atoms with E-state index >= 15 is 0 Å². The molecular weight excluding hydrogens is 478 g/mol. The zero-order chi connectivity index (χ0) is 26.4. The monoisotopic (exact) mass is 509 g/mol. The number of likely N-dealkylation sites (tertiary alicyclic amines) is 1. The molecule has 0 saturated carbocycles.